The Morgan fingerprint density at radius 2 is 0.848 bits per heavy atom. The first-order valence-electron chi connectivity index (χ1n) is 15.8. The molecule has 3 aromatic carbocycles. The first-order valence-corrected chi connectivity index (χ1v) is 15.8. The van der Waals surface area contributed by atoms with Crippen LogP contribution in [0.25, 0.3) is 44.8 Å². The maximum atomic E-state index is 12.5. The highest BCUT2D eigenvalue weighted by Gasteiger charge is 2.38. The van der Waals surface area contributed by atoms with E-state index in [0.717, 1.165) is 56.1 Å². The van der Waals surface area contributed by atoms with E-state index in [1.807, 2.05) is 24.5 Å². The second-order valence-electron chi connectivity index (χ2n) is 14.3. The van der Waals surface area contributed by atoms with E-state index >= 15 is 0 Å². The lowest BCUT2D eigenvalue weighted by atomic mass is 9.84. The second kappa shape index (κ2) is 10.8. The molecule has 6 nitrogen and oxygen atoms in total. The summed E-state index contributed by atoms with van der Waals surface area (Å²) < 4.78 is 0. The van der Waals surface area contributed by atoms with Crippen LogP contribution in [0.15, 0.2) is 97.3 Å². The lowest BCUT2D eigenvalue weighted by Gasteiger charge is -2.22. The van der Waals surface area contributed by atoms with E-state index < -0.39 is 0 Å². The third-order valence-corrected chi connectivity index (χ3v) is 8.85. The van der Waals surface area contributed by atoms with E-state index in [9.17, 15) is 9.59 Å². The topological polar surface area (TPSA) is 65.9 Å². The first kappa shape index (κ1) is 29.6. The van der Waals surface area contributed by atoms with Gasteiger partial charge in [-0.05, 0) is 57.3 Å². The largest absolute Gasteiger partial charge is 0.301 e. The SMILES string of the molecule is CC(C)(C)c1cccnc1-c1ccc(-c2cc(N3CC3=O)c(-c3ccc(-c4ncccc4C(C)(C)C)cc3)cc2N2CC2=O)cc1. The van der Waals surface area contributed by atoms with Crippen molar-refractivity contribution in [2.75, 3.05) is 22.9 Å². The van der Waals surface area contributed by atoms with Crippen molar-refractivity contribution in [3.05, 3.63) is 108 Å². The molecule has 46 heavy (non-hydrogen) atoms. The number of rotatable bonds is 6. The molecule has 0 spiro atoms. The van der Waals surface area contributed by atoms with Gasteiger partial charge in [0.1, 0.15) is 13.1 Å². The molecule has 2 aromatic heterocycles. The van der Waals surface area contributed by atoms with Crippen LogP contribution < -0.4 is 9.80 Å². The maximum absolute atomic E-state index is 12.5. The number of benzene rings is 3. The first-order chi connectivity index (χ1) is 21.9. The molecule has 7 rings (SSSR count). The molecule has 4 heterocycles. The van der Waals surface area contributed by atoms with Crippen LogP contribution in [0.4, 0.5) is 11.4 Å². The zero-order valence-corrected chi connectivity index (χ0v) is 27.3. The fraction of sp³-hybridized carbons (Fsp3) is 0.250. The molecule has 0 bridgehead atoms. The molecule has 2 amide bonds. The number of pyridine rings is 2. The molecule has 0 aliphatic carbocycles. The van der Waals surface area contributed by atoms with Gasteiger partial charge in [-0.1, -0.05) is 102 Å². The summed E-state index contributed by atoms with van der Waals surface area (Å²) in [5, 5.41) is 0. The number of carbonyl (C=O) groups excluding carboxylic acids is 2. The van der Waals surface area contributed by atoms with Gasteiger partial charge < -0.3 is 9.80 Å². The molecule has 2 fully saturated rings. The fourth-order valence-corrected chi connectivity index (χ4v) is 6.22. The molecule has 6 heteroatoms. The Hall–Kier alpha value is -5.10. The Labute approximate surface area is 270 Å². The van der Waals surface area contributed by atoms with Gasteiger partial charge in [-0.25, -0.2) is 0 Å². The summed E-state index contributed by atoms with van der Waals surface area (Å²) in [5.74, 6) is 0.172. The van der Waals surface area contributed by atoms with Gasteiger partial charge in [0.15, 0.2) is 0 Å². The van der Waals surface area contributed by atoms with Crippen LogP contribution >= 0.6 is 0 Å². The Morgan fingerprint density at radius 3 is 1.15 bits per heavy atom. The zero-order valence-electron chi connectivity index (χ0n) is 27.3. The zero-order chi connectivity index (χ0) is 32.4. The number of carbonyl (C=O) groups is 2. The van der Waals surface area contributed by atoms with E-state index in [-0.39, 0.29) is 22.6 Å². The van der Waals surface area contributed by atoms with Crippen molar-refractivity contribution >= 4 is 23.2 Å². The molecular weight excluding hydrogens is 568 g/mol. The predicted molar refractivity (Wildman–Crippen MR) is 186 cm³/mol. The molecular formula is C40H38N4O2. The van der Waals surface area contributed by atoms with Crippen LogP contribution in [0.5, 0.6) is 0 Å². The second-order valence-corrected chi connectivity index (χ2v) is 14.3. The standard InChI is InChI=1S/C40H38N4O2/c1-39(2,3)31-9-7-19-41-37(31)27-15-11-25(12-16-27)29-21-34(44-24-36(44)46)30(22-33(29)43-23-35(43)45)26-13-17-28(18-14-26)38-32(40(4,5)6)10-8-20-42-38/h7-22H,23-24H2,1-6H3. The predicted octanol–water partition coefficient (Wildman–Crippen LogP) is 8.43. The Kier molecular flexibility index (Phi) is 6.93. The van der Waals surface area contributed by atoms with Gasteiger partial charge in [0.05, 0.1) is 22.8 Å². The molecule has 0 saturated carbocycles. The highest BCUT2D eigenvalue weighted by molar-refractivity contribution is 6.18. The van der Waals surface area contributed by atoms with Crippen LogP contribution in [-0.4, -0.2) is 34.9 Å². The average molecular weight is 607 g/mol. The summed E-state index contributed by atoms with van der Waals surface area (Å²) in [7, 11) is 0. The van der Waals surface area contributed by atoms with E-state index in [2.05, 4.69) is 114 Å². The summed E-state index contributed by atoms with van der Waals surface area (Å²) in [6.07, 6.45) is 3.67. The summed E-state index contributed by atoms with van der Waals surface area (Å²) in [4.78, 5) is 38.1. The number of hydrogen-bond donors (Lipinski definition) is 0. The van der Waals surface area contributed by atoms with Crippen molar-refractivity contribution in [1.82, 2.24) is 9.97 Å². The van der Waals surface area contributed by atoms with Crippen molar-refractivity contribution in [1.29, 1.82) is 0 Å². The maximum Gasteiger partial charge on any atom is 0.247 e. The number of anilines is 2. The van der Waals surface area contributed by atoms with Gasteiger partial charge in [-0.15, -0.1) is 0 Å². The molecule has 0 N–H and O–H groups in total. The number of amides is 2. The number of nitrogens with zero attached hydrogens (tertiary/aromatic N) is 4. The normalized spacial score (nSPS) is 14.6. The van der Waals surface area contributed by atoms with Gasteiger partial charge in [0.2, 0.25) is 11.8 Å². The van der Waals surface area contributed by atoms with Crippen molar-refractivity contribution in [2.24, 2.45) is 0 Å². The van der Waals surface area contributed by atoms with Gasteiger partial charge in [-0.3, -0.25) is 19.6 Å². The smallest absolute Gasteiger partial charge is 0.247 e. The quantitative estimate of drug-likeness (QED) is 0.182. The monoisotopic (exact) mass is 606 g/mol. The van der Waals surface area contributed by atoms with Crippen molar-refractivity contribution < 1.29 is 9.59 Å². The van der Waals surface area contributed by atoms with E-state index in [1.54, 1.807) is 9.80 Å². The summed E-state index contributed by atoms with van der Waals surface area (Å²) in [6, 6.07) is 29.1. The summed E-state index contributed by atoms with van der Waals surface area (Å²) >= 11 is 0. The van der Waals surface area contributed by atoms with Crippen LogP contribution in [0.3, 0.4) is 0 Å². The number of hydrogen-bond acceptors (Lipinski definition) is 4. The Morgan fingerprint density at radius 1 is 0.522 bits per heavy atom. The fourth-order valence-electron chi connectivity index (χ4n) is 6.22. The Bertz CT molecular complexity index is 1850. The molecule has 0 unspecified atom stereocenters. The molecule has 2 aliphatic rings. The van der Waals surface area contributed by atoms with E-state index in [4.69, 9.17) is 9.97 Å². The third-order valence-electron chi connectivity index (χ3n) is 8.85. The van der Waals surface area contributed by atoms with Gasteiger partial charge >= 0.3 is 0 Å². The minimum Gasteiger partial charge on any atom is -0.301 e. The molecule has 0 radical (unpaired) electrons. The highest BCUT2D eigenvalue weighted by Crippen LogP contribution is 2.46. The lowest BCUT2D eigenvalue weighted by Crippen LogP contribution is -2.13. The van der Waals surface area contributed by atoms with E-state index in [1.165, 1.54) is 11.1 Å². The average Bonchev–Trinajstić information content (AvgIpc) is 3.97. The summed E-state index contributed by atoms with van der Waals surface area (Å²) in [6.45, 7) is 13.9. The van der Waals surface area contributed by atoms with Crippen LogP contribution in [0, 0.1) is 0 Å². The highest BCUT2D eigenvalue weighted by atomic mass is 16.2. The summed E-state index contributed by atoms with van der Waals surface area (Å²) in [5.41, 5.74) is 11.8. The van der Waals surface area contributed by atoms with Gasteiger partial charge in [-0.2, -0.15) is 0 Å². The van der Waals surface area contributed by atoms with Crippen LogP contribution in [0.1, 0.15) is 52.7 Å². The third kappa shape index (κ3) is 5.49. The van der Waals surface area contributed by atoms with Gasteiger partial charge in [0, 0.05) is 34.6 Å². The molecule has 0 atom stereocenters. The molecule has 5 aromatic rings. The van der Waals surface area contributed by atoms with Crippen molar-refractivity contribution in [3.8, 4) is 44.8 Å². The van der Waals surface area contributed by atoms with Crippen molar-refractivity contribution in [3.63, 3.8) is 0 Å². The van der Waals surface area contributed by atoms with E-state index in [0.29, 0.717) is 13.1 Å². The molecule has 230 valence electrons. The lowest BCUT2D eigenvalue weighted by molar-refractivity contribution is -0.110. The molecule has 2 aliphatic heterocycles. The minimum absolute atomic E-state index is 0.0459. The van der Waals surface area contributed by atoms with Gasteiger partial charge in [0.25, 0.3) is 0 Å². The molecule has 2 saturated heterocycles. The Balaban J connectivity index is 1.31. The van der Waals surface area contributed by atoms with Crippen LogP contribution in [0.2, 0.25) is 0 Å². The minimum atomic E-state index is -0.0459. The van der Waals surface area contributed by atoms with Crippen LogP contribution in [-0.2, 0) is 20.4 Å². The number of aromatic nitrogens is 2. The van der Waals surface area contributed by atoms with Crippen molar-refractivity contribution in [2.45, 2.75) is 52.4 Å².